The van der Waals surface area contributed by atoms with Crippen LogP contribution in [0.2, 0.25) is 0 Å². The van der Waals surface area contributed by atoms with Gasteiger partial charge in [-0.2, -0.15) is 0 Å². The predicted octanol–water partition coefficient (Wildman–Crippen LogP) is 4.74. The Kier molecular flexibility index (Phi) is 5.85. The van der Waals surface area contributed by atoms with Crippen molar-refractivity contribution in [3.8, 4) is 11.3 Å². The van der Waals surface area contributed by atoms with Crippen LogP contribution in [0.15, 0.2) is 58.9 Å². The lowest BCUT2D eigenvalue weighted by Crippen LogP contribution is -2.27. The zero-order valence-electron chi connectivity index (χ0n) is 15.9. The Balaban J connectivity index is 1.66. The summed E-state index contributed by atoms with van der Waals surface area (Å²) in [6.45, 7) is 2.16. The summed E-state index contributed by atoms with van der Waals surface area (Å²) in [5.41, 5.74) is 2.14. The highest BCUT2D eigenvalue weighted by Gasteiger charge is 2.19. The first-order chi connectivity index (χ1) is 14.1. The Bertz CT molecular complexity index is 1080. The third kappa shape index (κ3) is 4.45. The van der Waals surface area contributed by atoms with Crippen molar-refractivity contribution in [1.82, 2.24) is 9.47 Å². The minimum absolute atomic E-state index is 0.108. The molecule has 3 aromatic rings. The second-order valence-corrected chi connectivity index (χ2v) is 7.80. The van der Waals surface area contributed by atoms with Gasteiger partial charge in [-0.1, -0.05) is 30.3 Å². The first kappa shape index (κ1) is 19.5. The molecule has 0 unspecified atom stereocenters. The number of likely N-dealkylation sites (tertiary alicyclic amines) is 1. The Morgan fingerprint density at radius 1 is 1.07 bits per heavy atom. The maximum absolute atomic E-state index is 14.1. The van der Waals surface area contributed by atoms with E-state index < -0.39 is 11.6 Å². The van der Waals surface area contributed by atoms with Gasteiger partial charge in [0.05, 0.1) is 5.69 Å². The van der Waals surface area contributed by atoms with Gasteiger partial charge in [0.25, 0.3) is 0 Å². The molecular formula is C22H21F2N3OS. The summed E-state index contributed by atoms with van der Waals surface area (Å²) < 4.78 is 29.4. The maximum Gasteiger partial charge on any atom is 0.222 e. The van der Waals surface area contributed by atoms with Gasteiger partial charge in [-0.15, -0.1) is 11.3 Å². The zero-order chi connectivity index (χ0) is 20.2. The van der Waals surface area contributed by atoms with Crippen molar-refractivity contribution in [2.75, 3.05) is 13.1 Å². The number of hydrogen-bond acceptors (Lipinski definition) is 3. The van der Waals surface area contributed by atoms with Crippen LogP contribution in [0.25, 0.3) is 11.3 Å². The van der Waals surface area contributed by atoms with Gasteiger partial charge in [-0.25, -0.2) is 13.8 Å². The molecule has 7 heteroatoms. The summed E-state index contributed by atoms with van der Waals surface area (Å²) in [4.78, 5) is 18.8. The van der Waals surface area contributed by atoms with Crippen LogP contribution >= 0.6 is 11.3 Å². The third-order valence-corrected chi connectivity index (χ3v) is 5.84. The Hall–Kier alpha value is -2.80. The number of nitrogens with zero attached hydrogens (tertiary/aromatic N) is 3. The topological polar surface area (TPSA) is 37.6 Å². The first-order valence-electron chi connectivity index (χ1n) is 9.63. The molecule has 0 radical (unpaired) electrons. The standard InChI is InChI=1S/C22H21F2N3OS/c23-17-9-10-19(18(24)14-17)25-22-27(13-5-12-26-11-4-8-21(26)28)20(15-29-22)16-6-2-1-3-7-16/h1-3,6-7,9-10,14-15H,4-5,8,11-13H2. The molecule has 1 saturated heterocycles. The molecule has 2 aromatic carbocycles. The highest BCUT2D eigenvalue weighted by atomic mass is 32.1. The summed E-state index contributed by atoms with van der Waals surface area (Å²) in [6, 6.07) is 13.3. The van der Waals surface area contributed by atoms with E-state index in [1.807, 2.05) is 45.2 Å². The van der Waals surface area contributed by atoms with Crippen LogP contribution in [-0.2, 0) is 11.3 Å². The van der Waals surface area contributed by atoms with Crippen LogP contribution in [0, 0.1) is 11.6 Å². The molecule has 4 rings (SSSR count). The average Bonchev–Trinajstić information content (AvgIpc) is 3.31. The fourth-order valence-corrected chi connectivity index (χ4v) is 4.46. The number of benzene rings is 2. The molecular weight excluding hydrogens is 392 g/mol. The summed E-state index contributed by atoms with van der Waals surface area (Å²) in [5.74, 6) is -1.10. The molecule has 1 aliphatic heterocycles. The molecule has 29 heavy (non-hydrogen) atoms. The maximum atomic E-state index is 14.1. The van der Waals surface area contributed by atoms with Crippen LogP contribution in [0.3, 0.4) is 0 Å². The SMILES string of the molecule is O=C1CCCN1CCCn1c(-c2ccccc2)csc1=Nc1ccc(F)cc1F. The zero-order valence-corrected chi connectivity index (χ0v) is 16.7. The Morgan fingerprint density at radius 2 is 1.90 bits per heavy atom. The van der Waals surface area contributed by atoms with E-state index in [0.29, 0.717) is 24.3 Å². The second-order valence-electron chi connectivity index (χ2n) is 6.97. The molecule has 0 atom stereocenters. The molecule has 1 aliphatic rings. The Morgan fingerprint density at radius 3 is 2.62 bits per heavy atom. The van der Waals surface area contributed by atoms with E-state index in [9.17, 15) is 13.6 Å². The molecule has 4 nitrogen and oxygen atoms in total. The molecule has 0 saturated carbocycles. The minimum Gasteiger partial charge on any atom is -0.343 e. The van der Waals surface area contributed by atoms with Crippen LogP contribution < -0.4 is 4.80 Å². The highest BCUT2D eigenvalue weighted by Crippen LogP contribution is 2.22. The van der Waals surface area contributed by atoms with Gasteiger partial charge in [0.15, 0.2) is 10.6 Å². The average molecular weight is 413 g/mol. The fourth-order valence-electron chi connectivity index (χ4n) is 3.51. The van der Waals surface area contributed by atoms with Crippen LogP contribution in [-0.4, -0.2) is 28.5 Å². The van der Waals surface area contributed by atoms with E-state index in [0.717, 1.165) is 36.7 Å². The number of aromatic nitrogens is 1. The lowest BCUT2D eigenvalue weighted by atomic mass is 10.2. The largest absolute Gasteiger partial charge is 0.343 e. The van der Waals surface area contributed by atoms with Crippen molar-refractivity contribution in [2.45, 2.75) is 25.8 Å². The molecule has 0 N–H and O–H groups in total. The van der Waals surface area contributed by atoms with Gasteiger partial charge in [-0.05, 0) is 30.5 Å². The summed E-state index contributed by atoms with van der Waals surface area (Å²) in [5, 5.41) is 2.00. The minimum atomic E-state index is -0.686. The van der Waals surface area contributed by atoms with E-state index in [-0.39, 0.29) is 11.6 Å². The van der Waals surface area contributed by atoms with Gasteiger partial charge in [0, 0.05) is 37.5 Å². The molecule has 1 aromatic heterocycles. The summed E-state index contributed by atoms with van der Waals surface area (Å²) in [6.07, 6.45) is 2.33. The van der Waals surface area contributed by atoms with Crippen molar-refractivity contribution >= 4 is 22.9 Å². The summed E-state index contributed by atoms with van der Waals surface area (Å²) in [7, 11) is 0. The van der Waals surface area contributed by atoms with Gasteiger partial charge in [0.1, 0.15) is 11.5 Å². The Labute approximate surface area is 171 Å². The number of carbonyl (C=O) groups is 1. The van der Waals surface area contributed by atoms with Crippen LogP contribution in [0.5, 0.6) is 0 Å². The van der Waals surface area contributed by atoms with Crippen LogP contribution in [0.4, 0.5) is 14.5 Å². The highest BCUT2D eigenvalue weighted by molar-refractivity contribution is 7.07. The molecule has 0 aliphatic carbocycles. The van der Waals surface area contributed by atoms with E-state index in [2.05, 4.69) is 4.99 Å². The van der Waals surface area contributed by atoms with Gasteiger partial charge >= 0.3 is 0 Å². The van der Waals surface area contributed by atoms with Crippen molar-refractivity contribution in [2.24, 2.45) is 4.99 Å². The first-order valence-corrected chi connectivity index (χ1v) is 10.5. The molecule has 1 amide bonds. The molecule has 1 fully saturated rings. The molecule has 150 valence electrons. The lowest BCUT2D eigenvalue weighted by Gasteiger charge is -2.16. The molecule has 0 bridgehead atoms. The predicted molar refractivity (Wildman–Crippen MR) is 110 cm³/mol. The van der Waals surface area contributed by atoms with Crippen molar-refractivity contribution in [1.29, 1.82) is 0 Å². The van der Waals surface area contributed by atoms with E-state index >= 15 is 0 Å². The quantitative estimate of drug-likeness (QED) is 0.575. The van der Waals surface area contributed by atoms with Crippen molar-refractivity contribution in [3.63, 3.8) is 0 Å². The fraction of sp³-hybridized carbons (Fsp3) is 0.273. The monoisotopic (exact) mass is 413 g/mol. The number of rotatable bonds is 6. The smallest absolute Gasteiger partial charge is 0.222 e. The number of halogens is 2. The van der Waals surface area contributed by atoms with Gasteiger partial charge < -0.3 is 9.47 Å². The van der Waals surface area contributed by atoms with E-state index in [4.69, 9.17) is 0 Å². The van der Waals surface area contributed by atoms with Crippen molar-refractivity contribution in [3.05, 3.63) is 70.3 Å². The molecule has 0 spiro atoms. The lowest BCUT2D eigenvalue weighted by molar-refractivity contribution is -0.127. The molecule has 2 heterocycles. The number of amides is 1. The number of hydrogen-bond donors (Lipinski definition) is 0. The number of thiazole rings is 1. The third-order valence-electron chi connectivity index (χ3n) is 4.97. The summed E-state index contributed by atoms with van der Waals surface area (Å²) >= 11 is 1.42. The van der Waals surface area contributed by atoms with Crippen LogP contribution in [0.1, 0.15) is 19.3 Å². The van der Waals surface area contributed by atoms with Gasteiger partial charge in [0.2, 0.25) is 5.91 Å². The van der Waals surface area contributed by atoms with Gasteiger partial charge in [-0.3, -0.25) is 4.79 Å². The second kappa shape index (κ2) is 8.69. The number of carbonyl (C=O) groups excluding carboxylic acids is 1. The normalized spacial score (nSPS) is 14.8. The van der Waals surface area contributed by atoms with E-state index in [1.165, 1.54) is 23.5 Å². The van der Waals surface area contributed by atoms with E-state index in [1.54, 1.807) is 0 Å². The van der Waals surface area contributed by atoms with Crippen molar-refractivity contribution < 1.29 is 13.6 Å².